The van der Waals surface area contributed by atoms with Gasteiger partial charge in [0, 0.05) is 50.1 Å². The van der Waals surface area contributed by atoms with Crippen molar-refractivity contribution in [1.29, 1.82) is 5.26 Å². The van der Waals surface area contributed by atoms with Gasteiger partial charge in [-0.1, -0.05) is 20.8 Å². The summed E-state index contributed by atoms with van der Waals surface area (Å²) in [6.07, 6.45) is 5.02. The van der Waals surface area contributed by atoms with Gasteiger partial charge in [0.15, 0.2) is 0 Å². The first-order chi connectivity index (χ1) is 17.6. The molecule has 3 aliphatic heterocycles. The number of carbonyl (C=O) groups excluding carboxylic acids is 3. The highest BCUT2D eigenvalue weighted by Gasteiger charge is 2.43. The first kappa shape index (κ1) is 27.1. The quantitative estimate of drug-likeness (QED) is 0.648. The number of nitrogens with one attached hydrogen (secondary N) is 1. The number of hydrogen-bond acceptors (Lipinski definition) is 4. The van der Waals surface area contributed by atoms with E-state index in [0.717, 1.165) is 31.7 Å². The SMILES string of the molecule is CC(C)[C@@H]1CC[C@@H](C)CC(=O)N2C[C@H]3C[C@H](CN(C(=O)c4cc(F)cc(C#N)c4)C3)[C@@H]2CCCC(=O)N1. The van der Waals surface area contributed by atoms with Crippen LogP contribution in [0, 0.1) is 40.8 Å². The molecule has 7 nitrogen and oxygen atoms in total. The second kappa shape index (κ2) is 11.6. The molecular weight excluding hydrogens is 471 g/mol. The van der Waals surface area contributed by atoms with Gasteiger partial charge in [0.05, 0.1) is 11.6 Å². The molecule has 1 aromatic rings. The Kier molecular flexibility index (Phi) is 8.51. The molecule has 0 spiro atoms. The van der Waals surface area contributed by atoms with Crippen LogP contribution in [0.3, 0.4) is 0 Å². The van der Waals surface area contributed by atoms with E-state index in [-0.39, 0.29) is 58.7 Å². The summed E-state index contributed by atoms with van der Waals surface area (Å²) in [4.78, 5) is 43.3. The number of carbonyl (C=O) groups is 3. The largest absolute Gasteiger partial charge is 0.353 e. The summed E-state index contributed by atoms with van der Waals surface area (Å²) in [5.41, 5.74) is 0.310. The van der Waals surface area contributed by atoms with Gasteiger partial charge in [-0.15, -0.1) is 0 Å². The molecule has 0 saturated carbocycles. The Morgan fingerprint density at radius 2 is 1.92 bits per heavy atom. The van der Waals surface area contributed by atoms with Crippen molar-refractivity contribution in [3.8, 4) is 6.07 Å². The predicted octanol–water partition coefficient (Wildman–Crippen LogP) is 4.12. The lowest BCUT2D eigenvalue weighted by Gasteiger charge is -2.51. The molecule has 200 valence electrons. The van der Waals surface area contributed by atoms with Crippen LogP contribution in [-0.4, -0.2) is 59.2 Å². The molecule has 2 bridgehead atoms. The average Bonchev–Trinajstić information content (AvgIpc) is 2.86. The molecule has 1 N–H and O–H groups in total. The predicted molar refractivity (Wildman–Crippen MR) is 138 cm³/mol. The summed E-state index contributed by atoms with van der Waals surface area (Å²) in [5, 5.41) is 12.4. The fourth-order valence-corrected chi connectivity index (χ4v) is 6.43. The van der Waals surface area contributed by atoms with E-state index in [2.05, 4.69) is 26.1 Å². The van der Waals surface area contributed by atoms with E-state index in [4.69, 9.17) is 0 Å². The van der Waals surface area contributed by atoms with Gasteiger partial charge in [-0.3, -0.25) is 14.4 Å². The molecule has 3 saturated heterocycles. The Balaban J connectivity index is 1.52. The number of likely N-dealkylation sites (tertiary alicyclic amines) is 1. The highest BCUT2D eigenvalue weighted by Crippen LogP contribution is 2.37. The normalized spacial score (nSPS) is 29.4. The zero-order valence-corrected chi connectivity index (χ0v) is 22.2. The highest BCUT2D eigenvalue weighted by molar-refractivity contribution is 5.94. The van der Waals surface area contributed by atoms with Crippen LogP contribution in [0.25, 0.3) is 0 Å². The van der Waals surface area contributed by atoms with Crippen molar-refractivity contribution in [3.05, 3.63) is 35.1 Å². The molecule has 3 heterocycles. The van der Waals surface area contributed by atoms with E-state index in [9.17, 15) is 24.0 Å². The van der Waals surface area contributed by atoms with Crippen molar-refractivity contribution in [2.45, 2.75) is 77.8 Å². The monoisotopic (exact) mass is 510 g/mol. The maximum Gasteiger partial charge on any atom is 0.254 e. The molecule has 4 rings (SSSR count). The van der Waals surface area contributed by atoms with E-state index in [1.165, 1.54) is 12.1 Å². The van der Waals surface area contributed by atoms with Gasteiger partial charge < -0.3 is 15.1 Å². The maximum atomic E-state index is 14.0. The van der Waals surface area contributed by atoms with E-state index in [0.29, 0.717) is 44.8 Å². The summed E-state index contributed by atoms with van der Waals surface area (Å²) in [6, 6.07) is 5.76. The van der Waals surface area contributed by atoms with Gasteiger partial charge in [-0.25, -0.2) is 4.39 Å². The molecule has 0 radical (unpaired) electrons. The molecule has 1 aromatic carbocycles. The van der Waals surface area contributed by atoms with Gasteiger partial charge in [-0.05, 0) is 74.0 Å². The molecule has 3 fully saturated rings. The van der Waals surface area contributed by atoms with Crippen LogP contribution >= 0.6 is 0 Å². The number of halogens is 1. The highest BCUT2D eigenvalue weighted by atomic mass is 19.1. The van der Waals surface area contributed by atoms with Crippen LogP contribution < -0.4 is 5.32 Å². The first-order valence-electron chi connectivity index (χ1n) is 13.7. The van der Waals surface area contributed by atoms with Crippen molar-refractivity contribution in [2.75, 3.05) is 19.6 Å². The van der Waals surface area contributed by atoms with Crippen LogP contribution in [0.2, 0.25) is 0 Å². The lowest BCUT2D eigenvalue weighted by Crippen LogP contribution is -2.60. The average molecular weight is 511 g/mol. The number of nitriles is 1. The zero-order chi connectivity index (χ0) is 26.7. The standard InChI is InChI=1S/C29H39FN4O3/c1-18(2)25-8-7-19(3)9-28(36)34-16-21-11-23(26(34)5-4-6-27(35)32-25)17-33(15-21)29(37)22-10-20(14-31)12-24(30)13-22/h10,12-13,18-19,21,23,25-26H,4-9,11,15-17H2,1-3H3,(H,32,35)/t19-,21+,23-,25+,26+/m1/s1. The van der Waals surface area contributed by atoms with Crippen LogP contribution in [0.1, 0.15) is 81.6 Å². The van der Waals surface area contributed by atoms with E-state index < -0.39 is 5.82 Å². The minimum atomic E-state index is -0.598. The number of piperidine rings is 2. The fraction of sp³-hybridized carbons (Fsp3) is 0.655. The smallest absolute Gasteiger partial charge is 0.254 e. The molecule has 37 heavy (non-hydrogen) atoms. The van der Waals surface area contributed by atoms with Crippen LogP contribution in [0.4, 0.5) is 4.39 Å². The zero-order valence-electron chi connectivity index (χ0n) is 22.2. The molecular formula is C29H39FN4O3. The number of amides is 3. The second-order valence-corrected chi connectivity index (χ2v) is 11.7. The lowest BCUT2D eigenvalue weighted by molar-refractivity contribution is -0.141. The maximum absolute atomic E-state index is 14.0. The van der Waals surface area contributed by atoms with Crippen LogP contribution in [0.15, 0.2) is 18.2 Å². The third-order valence-corrected chi connectivity index (χ3v) is 8.40. The Hall–Kier alpha value is -2.95. The molecule has 0 unspecified atom stereocenters. The number of nitrogens with zero attached hydrogens (tertiary/aromatic N) is 3. The van der Waals surface area contributed by atoms with Crippen molar-refractivity contribution in [1.82, 2.24) is 15.1 Å². The van der Waals surface area contributed by atoms with Gasteiger partial charge in [0.2, 0.25) is 11.8 Å². The Morgan fingerprint density at radius 3 is 2.65 bits per heavy atom. The number of fused-ring (bicyclic) bond motifs is 4. The molecule has 5 atom stereocenters. The third kappa shape index (κ3) is 6.49. The van der Waals surface area contributed by atoms with Gasteiger partial charge in [0.25, 0.3) is 5.91 Å². The van der Waals surface area contributed by atoms with Gasteiger partial charge in [0.1, 0.15) is 5.82 Å². The minimum absolute atomic E-state index is 0.0248. The Bertz CT molecular complexity index is 1070. The number of benzene rings is 1. The molecule has 0 aliphatic carbocycles. The van der Waals surface area contributed by atoms with E-state index in [1.807, 2.05) is 11.0 Å². The topological polar surface area (TPSA) is 93.5 Å². The van der Waals surface area contributed by atoms with Crippen molar-refractivity contribution < 1.29 is 18.8 Å². The van der Waals surface area contributed by atoms with Crippen molar-refractivity contribution in [3.63, 3.8) is 0 Å². The van der Waals surface area contributed by atoms with Crippen LogP contribution in [0.5, 0.6) is 0 Å². The molecule has 3 aliphatic rings. The third-order valence-electron chi connectivity index (χ3n) is 8.40. The number of hydrogen-bond donors (Lipinski definition) is 1. The number of rotatable bonds is 2. The second-order valence-electron chi connectivity index (χ2n) is 11.7. The molecule has 3 amide bonds. The van der Waals surface area contributed by atoms with Crippen LogP contribution in [-0.2, 0) is 9.59 Å². The summed E-state index contributed by atoms with van der Waals surface area (Å²) in [6.45, 7) is 7.96. The summed E-state index contributed by atoms with van der Waals surface area (Å²) < 4.78 is 14.0. The Labute approximate surface area is 219 Å². The van der Waals surface area contributed by atoms with Crippen molar-refractivity contribution in [2.24, 2.45) is 23.7 Å². The van der Waals surface area contributed by atoms with E-state index >= 15 is 0 Å². The fourth-order valence-electron chi connectivity index (χ4n) is 6.43. The van der Waals surface area contributed by atoms with Gasteiger partial charge in [-0.2, -0.15) is 5.26 Å². The minimum Gasteiger partial charge on any atom is -0.353 e. The summed E-state index contributed by atoms with van der Waals surface area (Å²) >= 11 is 0. The molecule has 8 heteroatoms. The summed E-state index contributed by atoms with van der Waals surface area (Å²) in [5.74, 6) is 0.208. The first-order valence-corrected chi connectivity index (χ1v) is 13.7. The lowest BCUT2D eigenvalue weighted by atomic mass is 9.77. The summed E-state index contributed by atoms with van der Waals surface area (Å²) in [7, 11) is 0. The molecule has 0 aromatic heterocycles. The van der Waals surface area contributed by atoms with E-state index in [1.54, 1.807) is 4.90 Å². The Morgan fingerprint density at radius 1 is 1.14 bits per heavy atom. The van der Waals surface area contributed by atoms with Crippen molar-refractivity contribution >= 4 is 17.7 Å². The van der Waals surface area contributed by atoms with Gasteiger partial charge >= 0.3 is 0 Å².